The van der Waals surface area contributed by atoms with Gasteiger partial charge >= 0.3 is 5.97 Å². The minimum Gasteiger partial charge on any atom is -0.465 e. The summed E-state index contributed by atoms with van der Waals surface area (Å²) < 4.78 is 4.87. The standard InChI is InChI=1S/C18H24ClN3O2/c1-4-22(5-2)17(15-9-7-8-10-16(15)19)13-21-12-14(11-20)18(23)24-6-3/h7-10,12,14,17H,4-6,13H2,1-3H3/p+1/t14?,17-/m1/s1. The van der Waals surface area contributed by atoms with Crippen molar-refractivity contribution in [3.05, 3.63) is 34.9 Å². The first-order valence-electron chi connectivity index (χ1n) is 8.24. The Morgan fingerprint density at radius 2 is 2.04 bits per heavy atom. The highest BCUT2D eigenvalue weighted by molar-refractivity contribution is 6.31. The number of nitrogens with zero attached hydrogens (tertiary/aromatic N) is 2. The second-order valence-electron chi connectivity index (χ2n) is 5.31. The van der Waals surface area contributed by atoms with Gasteiger partial charge in [0, 0.05) is 16.8 Å². The SMILES string of the molecule is CCOC(=O)C(C#N)C=NC[C@H](c1ccccc1Cl)[NH+](CC)CC. The number of likely N-dealkylation sites (N-methyl/N-ethyl adjacent to an activating group) is 1. The minimum absolute atomic E-state index is 0.0755. The molecule has 2 atom stereocenters. The predicted octanol–water partition coefficient (Wildman–Crippen LogP) is 2.08. The van der Waals surface area contributed by atoms with Gasteiger partial charge in [-0.05, 0) is 26.8 Å². The van der Waals surface area contributed by atoms with Gasteiger partial charge in [0.05, 0.1) is 32.3 Å². The third-order valence-corrected chi connectivity index (χ3v) is 4.25. The largest absolute Gasteiger partial charge is 0.465 e. The number of benzene rings is 1. The van der Waals surface area contributed by atoms with Crippen LogP contribution in [0.2, 0.25) is 5.02 Å². The molecule has 0 spiro atoms. The Morgan fingerprint density at radius 1 is 1.38 bits per heavy atom. The number of esters is 1. The van der Waals surface area contributed by atoms with Crippen molar-refractivity contribution in [2.75, 3.05) is 26.2 Å². The van der Waals surface area contributed by atoms with Crippen LogP contribution in [0.25, 0.3) is 0 Å². The van der Waals surface area contributed by atoms with Crippen LogP contribution >= 0.6 is 11.6 Å². The zero-order chi connectivity index (χ0) is 17.9. The van der Waals surface area contributed by atoms with E-state index >= 15 is 0 Å². The first-order chi connectivity index (χ1) is 11.6. The molecule has 0 aromatic heterocycles. The van der Waals surface area contributed by atoms with E-state index in [1.165, 1.54) is 11.1 Å². The van der Waals surface area contributed by atoms with E-state index in [-0.39, 0.29) is 12.6 Å². The summed E-state index contributed by atoms with van der Waals surface area (Å²) in [6.07, 6.45) is 1.38. The quantitative estimate of drug-likeness (QED) is 0.547. The van der Waals surface area contributed by atoms with Crippen LogP contribution in [0, 0.1) is 17.2 Å². The molecule has 0 radical (unpaired) electrons. The fourth-order valence-electron chi connectivity index (χ4n) is 2.60. The minimum atomic E-state index is -0.969. The molecule has 1 aromatic carbocycles. The van der Waals surface area contributed by atoms with E-state index in [2.05, 4.69) is 18.8 Å². The van der Waals surface area contributed by atoms with E-state index in [4.69, 9.17) is 21.6 Å². The van der Waals surface area contributed by atoms with Gasteiger partial charge in [-0.3, -0.25) is 9.79 Å². The van der Waals surface area contributed by atoms with E-state index in [1.54, 1.807) is 6.92 Å². The van der Waals surface area contributed by atoms with Gasteiger partial charge in [-0.2, -0.15) is 5.26 Å². The van der Waals surface area contributed by atoms with Gasteiger partial charge < -0.3 is 9.64 Å². The first kappa shape index (κ1) is 20.1. The third kappa shape index (κ3) is 5.63. The number of ether oxygens (including phenoxy) is 1. The molecule has 130 valence electrons. The molecule has 0 saturated heterocycles. The molecule has 0 aliphatic heterocycles. The topological polar surface area (TPSA) is 66.9 Å². The lowest BCUT2D eigenvalue weighted by Crippen LogP contribution is -3.12. The number of halogens is 1. The van der Waals surface area contributed by atoms with Crippen molar-refractivity contribution in [2.24, 2.45) is 10.9 Å². The van der Waals surface area contributed by atoms with Gasteiger partial charge in [0.2, 0.25) is 0 Å². The van der Waals surface area contributed by atoms with E-state index in [0.29, 0.717) is 11.6 Å². The number of rotatable bonds is 9. The maximum Gasteiger partial charge on any atom is 0.328 e. The highest BCUT2D eigenvalue weighted by atomic mass is 35.5. The molecule has 1 aromatic rings. The summed E-state index contributed by atoms with van der Waals surface area (Å²) in [6.45, 7) is 8.50. The van der Waals surface area contributed by atoms with Crippen molar-refractivity contribution in [2.45, 2.75) is 26.8 Å². The molecule has 24 heavy (non-hydrogen) atoms. The Labute approximate surface area is 148 Å². The Kier molecular flexibility index (Phi) is 9.06. The molecule has 0 amide bonds. The van der Waals surface area contributed by atoms with Gasteiger partial charge in [0.1, 0.15) is 6.04 Å². The summed E-state index contributed by atoms with van der Waals surface area (Å²) in [5.74, 6) is -1.53. The van der Waals surface area contributed by atoms with Crippen molar-refractivity contribution < 1.29 is 14.4 Å². The number of nitriles is 1. The molecule has 0 aliphatic carbocycles. The van der Waals surface area contributed by atoms with Gasteiger partial charge in [-0.25, -0.2) is 0 Å². The van der Waals surface area contributed by atoms with E-state index in [1.807, 2.05) is 30.3 Å². The van der Waals surface area contributed by atoms with Crippen molar-refractivity contribution in [3.8, 4) is 6.07 Å². The highest BCUT2D eigenvalue weighted by Gasteiger charge is 2.24. The Morgan fingerprint density at radius 3 is 2.58 bits per heavy atom. The van der Waals surface area contributed by atoms with Crippen molar-refractivity contribution in [1.82, 2.24) is 0 Å². The van der Waals surface area contributed by atoms with Gasteiger partial charge in [0.25, 0.3) is 0 Å². The second-order valence-corrected chi connectivity index (χ2v) is 5.72. The smallest absolute Gasteiger partial charge is 0.328 e. The van der Waals surface area contributed by atoms with E-state index < -0.39 is 11.9 Å². The molecule has 1 unspecified atom stereocenters. The molecule has 1 N–H and O–H groups in total. The Bertz CT molecular complexity index is 594. The number of carbonyl (C=O) groups is 1. The van der Waals surface area contributed by atoms with Crippen LogP contribution in [-0.2, 0) is 9.53 Å². The van der Waals surface area contributed by atoms with Crippen molar-refractivity contribution in [1.29, 1.82) is 5.26 Å². The maximum absolute atomic E-state index is 11.7. The van der Waals surface area contributed by atoms with Crippen molar-refractivity contribution >= 4 is 23.8 Å². The summed E-state index contributed by atoms with van der Waals surface area (Å²) in [7, 11) is 0. The monoisotopic (exact) mass is 350 g/mol. The van der Waals surface area contributed by atoms with Crippen molar-refractivity contribution in [3.63, 3.8) is 0 Å². The van der Waals surface area contributed by atoms with E-state index in [0.717, 1.165) is 18.7 Å². The molecule has 5 nitrogen and oxygen atoms in total. The molecule has 0 bridgehead atoms. The molecular weight excluding hydrogens is 326 g/mol. The van der Waals surface area contributed by atoms with Crippen LogP contribution < -0.4 is 4.90 Å². The molecular formula is C18H25ClN3O2+. The molecule has 1 rings (SSSR count). The molecule has 6 heteroatoms. The average Bonchev–Trinajstić information content (AvgIpc) is 2.59. The second kappa shape index (κ2) is 10.8. The number of aliphatic imine (C=N–C) groups is 1. The zero-order valence-electron chi connectivity index (χ0n) is 14.5. The third-order valence-electron chi connectivity index (χ3n) is 3.90. The van der Waals surface area contributed by atoms with Crippen LogP contribution in [0.3, 0.4) is 0 Å². The first-order valence-corrected chi connectivity index (χ1v) is 8.61. The summed E-state index contributed by atoms with van der Waals surface area (Å²) in [5, 5.41) is 9.79. The summed E-state index contributed by atoms with van der Waals surface area (Å²) in [6, 6.07) is 9.71. The number of hydrogen-bond acceptors (Lipinski definition) is 4. The van der Waals surface area contributed by atoms with Crippen LogP contribution in [0.1, 0.15) is 32.4 Å². The van der Waals surface area contributed by atoms with Crippen LogP contribution in [0.5, 0.6) is 0 Å². The highest BCUT2D eigenvalue weighted by Crippen LogP contribution is 2.21. The molecule has 0 fully saturated rings. The zero-order valence-corrected chi connectivity index (χ0v) is 15.2. The van der Waals surface area contributed by atoms with Crippen LogP contribution in [0.4, 0.5) is 0 Å². The fourth-order valence-corrected chi connectivity index (χ4v) is 2.87. The average molecular weight is 351 g/mol. The Balaban J connectivity index is 2.94. The predicted molar refractivity (Wildman–Crippen MR) is 95.3 cm³/mol. The van der Waals surface area contributed by atoms with Gasteiger partial charge in [0.15, 0.2) is 5.92 Å². The summed E-state index contributed by atoms with van der Waals surface area (Å²) in [5.41, 5.74) is 1.03. The van der Waals surface area contributed by atoms with Gasteiger partial charge in [-0.15, -0.1) is 0 Å². The number of carbonyl (C=O) groups excluding carboxylic acids is 1. The molecule has 0 heterocycles. The summed E-state index contributed by atoms with van der Waals surface area (Å²) >= 11 is 6.35. The lowest BCUT2D eigenvalue weighted by Gasteiger charge is -2.26. The Hall–Kier alpha value is -1.90. The van der Waals surface area contributed by atoms with Gasteiger partial charge in [-0.1, -0.05) is 29.8 Å². The lowest BCUT2D eigenvalue weighted by molar-refractivity contribution is -0.926. The summed E-state index contributed by atoms with van der Waals surface area (Å²) in [4.78, 5) is 17.3. The number of hydrogen-bond donors (Lipinski definition) is 1. The maximum atomic E-state index is 11.7. The number of quaternary nitrogens is 1. The molecule has 0 aliphatic rings. The lowest BCUT2D eigenvalue weighted by atomic mass is 10.0. The normalized spacial score (nSPS) is 13.7. The van der Waals surface area contributed by atoms with Crippen LogP contribution in [-0.4, -0.2) is 38.4 Å². The molecule has 0 saturated carbocycles. The number of nitrogens with one attached hydrogen (secondary N) is 1. The van der Waals surface area contributed by atoms with Crippen LogP contribution in [0.15, 0.2) is 29.3 Å². The fraction of sp³-hybridized carbons (Fsp3) is 0.500. The van der Waals surface area contributed by atoms with E-state index in [9.17, 15) is 4.79 Å².